The van der Waals surface area contributed by atoms with Gasteiger partial charge in [0.2, 0.25) is 0 Å². The van der Waals surface area contributed by atoms with Crippen LogP contribution in [0.4, 0.5) is 4.39 Å². The van der Waals surface area contributed by atoms with Crippen LogP contribution >= 0.6 is 11.3 Å². The molecule has 0 aliphatic rings. The first kappa shape index (κ1) is 13.3. The highest BCUT2D eigenvalue weighted by atomic mass is 32.1. The van der Waals surface area contributed by atoms with E-state index in [0.29, 0.717) is 5.56 Å². The Bertz CT molecular complexity index is 748. The quantitative estimate of drug-likeness (QED) is 0.748. The average Bonchev–Trinajstić information content (AvgIpc) is 2.85. The van der Waals surface area contributed by atoms with E-state index >= 15 is 0 Å². The highest BCUT2D eigenvalue weighted by Crippen LogP contribution is 2.29. The smallest absolute Gasteiger partial charge is 0.126 e. The highest BCUT2D eigenvalue weighted by Gasteiger charge is 2.12. The van der Waals surface area contributed by atoms with Gasteiger partial charge in [-0.25, -0.2) is 4.39 Å². The largest absolute Gasteiger partial charge is 0.324 e. The van der Waals surface area contributed by atoms with Crippen molar-refractivity contribution < 1.29 is 4.39 Å². The predicted octanol–water partition coefficient (Wildman–Crippen LogP) is 4.59. The number of thiophene rings is 1. The summed E-state index contributed by atoms with van der Waals surface area (Å²) in [5.74, 6) is -0.179. The molecule has 3 heteroatoms. The van der Waals surface area contributed by atoms with Crippen LogP contribution in [0.1, 0.15) is 22.7 Å². The summed E-state index contributed by atoms with van der Waals surface area (Å²) < 4.78 is 14.6. The molecule has 0 spiro atoms. The van der Waals surface area contributed by atoms with Gasteiger partial charge in [0.05, 0.1) is 0 Å². The highest BCUT2D eigenvalue weighted by molar-refractivity contribution is 7.17. The second-order valence-corrected chi connectivity index (χ2v) is 5.99. The van der Waals surface area contributed by atoms with Crippen LogP contribution in [-0.2, 0) is 6.42 Å². The number of aryl methyl sites for hydroxylation is 1. The molecule has 0 saturated heterocycles. The zero-order chi connectivity index (χ0) is 14.1. The normalized spacial score (nSPS) is 12.8. The Morgan fingerprint density at radius 3 is 2.80 bits per heavy atom. The Labute approximate surface area is 121 Å². The molecule has 1 heterocycles. The molecule has 0 aliphatic heterocycles. The van der Waals surface area contributed by atoms with Crippen molar-refractivity contribution in [2.24, 2.45) is 5.73 Å². The van der Waals surface area contributed by atoms with Gasteiger partial charge in [-0.2, -0.15) is 0 Å². The minimum Gasteiger partial charge on any atom is -0.324 e. The summed E-state index contributed by atoms with van der Waals surface area (Å²) in [6.07, 6.45) is 0.773. The number of rotatable bonds is 3. The van der Waals surface area contributed by atoms with Crippen molar-refractivity contribution in [1.82, 2.24) is 0 Å². The van der Waals surface area contributed by atoms with Crippen LogP contribution in [0.3, 0.4) is 0 Å². The van der Waals surface area contributed by atoms with Crippen LogP contribution in [-0.4, -0.2) is 0 Å². The van der Waals surface area contributed by atoms with Gasteiger partial charge < -0.3 is 5.73 Å². The van der Waals surface area contributed by atoms with Gasteiger partial charge in [-0.1, -0.05) is 30.3 Å². The summed E-state index contributed by atoms with van der Waals surface area (Å²) in [6.45, 7) is 1.77. The van der Waals surface area contributed by atoms with Crippen LogP contribution in [0.25, 0.3) is 10.1 Å². The zero-order valence-corrected chi connectivity index (χ0v) is 12.1. The molecule has 1 aromatic heterocycles. The maximum atomic E-state index is 13.3. The topological polar surface area (TPSA) is 26.0 Å². The number of fused-ring (bicyclic) bond motifs is 1. The lowest BCUT2D eigenvalue weighted by molar-refractivity contribution is 0.615. The first-order valence-corrected chi connectivity index (χ1v) is 7.50. The summed E-state index contributed by atoms with van der Waals surface area (Å²) in [5, 5.41) is 3.44. The lowest BCUT2D eigenvalue weighted by atomic mass is 9.98. The van der Waals surface area contributed by atoms with E-state index in [9.17, 15) is 4.39 Å². The fraction of sp³-hybridized carbons (Fsp3) is 0.176. The predicted molar refractivity (Wildman–Crippen MR) is 83.6 cm³/mol. The number of hydrogen-bond donors (Lipinski definition) is 1. The molecule has 2 N–H and O–H groups in total. The third-order valence-corrected chi connectivity index (χ3v) is 4.62. The zero-order valence-electron chi connectivity index (χ0n) is 11.3. The van der Waals surface area contributed by atoms with E-state index in [1.807, 2.05) is 18.2 Å². The van der Waals surface area contributed by atoms with E-state index in [1.165, 1.54) is 21.7 Å². The van der Waals surface area contributed by atoms with Crippen molar-refractivity contribution in [2.45, 2.75) is 19.4 Å². The molecule has 1 atom stereocenters. The second kappa shape index (κ2) is 5.35. The van der Waals surface area contributed by atoms with E-state index in [-0.39, 0.29) is 11.9 Å². The van der Waals surface area contributed by atoms with Crippen molar-refractivity contribution in [3.05, 3.63) is 70.4 Å². The summed E-state index contributed by atoms with van der Waals surface area (Å²) in [5.41, 5.74) is 9.17. The Balaban J connectivity index is 1.88. The van der Waals surface area contributed by atoms with E-state index in [1.54, 1.807) is 24.3 Å². The Hall–Kier alpha value is -1.71. The Kier molecular flexibility index (Phi) is 3.55. The van der Waals surface area contributed by atoms with Gasteiger partial charge in [-0.15, -0.1) is 11.3 Å². The lowest BCUT2D eigenvalue weighted by Gasteiger charge is -2.12. The standard InChI is InChI=1S/C17H16FNS/c1-11-8-12(6-7-15(11)18)16(19)9-13-10-20-17-5-3-2-4-14(13)17/h2-8,10,16H,9,19H2,1H3. The fourth-order valence-electron chi connectivity index (χ4n) is 2.44. The molecule has 0 amide bonds. The molecule has 102 valence electrons. The maximum absolute atomic E-state index is 13.3. The van der Waals surface area contributed by atoms with Gasteiger partial charge in [-0.3, -0.25) is 0 Å². The average molecular weight is 285 g/mol. The third-order valence-electron chi connectivity index (χ3n) is 3.61. The van der Waals surface area contributed by atoms with Gasteiger partial charge >= 0.3 is 0 Å². The van der Waals surface area contributed by atoms with Crippen molar-refractivity contribution in [3.8, 4) is 0 Å². The SMILES string of the molecule is Cc1cc(C(N)Cc2csc3ccccc23)ccc1F. The molecule has 2 aromatic carbocycles. The van der Waals surface area contributed by atoms with E-state index in [0.717, 1.165) is 12.0 Å². The van der Waals surface area contributed by atoms with Crippen LogP contribution in [0, 0.1) is 12.7 Å². The summed E-state index contributed by atoms with van der Waals surface area (Å²) in [6, 6.07) is 13.4. The first-order valence-electron chi connectivity index (χ1n) is 6.62. The van der Waals surface area contributed by atoms with Gasteiger partial charge in [0.15, 0.2) is 0 Å². The van der Waals surface area contributed by atoms with Crippen molar-refractivity contribution >= 4 is 21.4 Å². The van der Waals surface area contributed by atoms with Crippen molar-refractivity contribution in [1.29, 1.82) is 0 Å². The summed E-state index contributed by atoms with van der Waals surface area (Å²) in [7, 11) is 0. The second-order valence-electron chi connectivity index (χ2n) is 5.08. The third kappa shape index (κ3) is 2.47. The molecule has 0 aliphatic carbocycles. The lowest BCUT2D eigenvalue weighted by Crippen LogP contribution is -2.13. The monoisotopic (exact) mass is 285 g/mol. The first-order chi connectivity index (χ1) is 9.65. The van der Waals surface area contributed by atoms with Crippen molar-refractivity contribution in [2.75, 3.05) is 0 Å². The number of hydrogen-bond acceptors (Lipinski definition) is 2. The number of halogens is 1. The molecular formula is C17H16FNS. The van der Waals surface area contributed by atoms with E-state index < -0.39 is 0 Å². The van der Waals surface area contributed by atoms with Crippen LogP contribution in [0.2, 0.25) is 0 Å². The maximum Gasteiger partial charge on any atom is 0.126 e. The molecule has 20 heavy (non-hydrogen) atoms. The van der Waals surface area contributed by atoms with Gasteiger partial charge in [0, 0.05) is 10.7 Å². The van der Waals surface area contributed by atoms with E-state index in [4.69, 9.17) is 5.73 Å². The van der Waals surface area contributed by atoms with Crippen LogP contribution in [0.15, 0.2) is 47.8 Å². The molecule has 0 radical (unpaired) electrons. The van der Waals surface area contributed by atoms with Gasteiger partial charge in [0.25, 0.3) is 0 Å². The molecule has 0 saturated carbocycles. The molecule has 1 nitrogen and oxygen atoms in total. The molecular weight excluding hydrogens is 269 g/mol. The molecule has 1 unspecified atom stereocenters. The van der Waals surface area contributed by atoms with Gasteiger partial charge in [-0.05, 0) is 52.9 Å². The fourth-order valence-corrected chi connectivity index (χ4v) is 3.42. The van der Waals surface area contributed by atoms with E-state index in [2.05, 4.69) is 17.5 Å². The molecule has 0 fully saturated rings. The van der Waals surface area contributed by atoms with Gasteiger partial charge in [0.1, 0.15) is 5.82 Å². The summed E-state index contributed by atoms with van der Waals surface area (Å²) in [4.78, 5) is 0. The number of nitrogens with two attached hydrogens (primary N) is 1. The minimum absolute atomic E-state index is 0.104. The molecule has 0 bridgehead atoms. The Morgan fingerprint density at radius 2 is 2.00 bits per heavy atom. The Morgan fingerprint density at radius 1 is 1.20 bits per heavy atom. The number of benzene rings is 2. The van der Waals surface area contributed by atoms with Crippen LogP contribution in [0.5, 0.6) is 0 Å². The molecule has 3 rings (SSSR count). The minimum atomic E-state index is -0.179. The molecule has 3 aromatic rings. The summed E-state index contributed by atoms with van der Waals surface area (Å²) >= 11 is 1.74. The van der Waals surface area contributed by atoms with Crippen LogP contribution < -0.4 is 5.73 Å². The van der Waals surface area contributed by atoms with Crippen molar-refractivity contribution in [3.63, 3.8) is 0 Å².